The number of hydrogen-bond acceptors (Lipinski definition) is 5. The summed E-state index contributed by atoms with van der Waals surface area (Å²) in [7, 11) is 0. The first-order chi connectivity index (χ1) is 29.5. The number of hydrogen-bond donors (Lipinski definition) is 3. The third-order valence-electron chi connectivity index (χ3n) is 11.3. The predicted molar refractivity (Wildman–Crippen MR) is 259 cm³/mol. The molecule has 0 saturated heterocycles. The molecule has 0 heterocycles. The number of rotatable bonds is 45. The fraction of sp³-hybridized carbons (Fsp3) is 0.778. The highest BCUT2D eigenvalue weighted by atomic mass is 16.5. The van der Waals surface area contributed by atoms with Crippen molar-refractivity contribution in [1.29, 1.82) is 0 Å². The monoisotopic (exact) mass is 840 g/mol. The van der Waals surface area contributed by atoms with Crippen LogP contribution in [-0.4, -0.2) is 46.9 Å². The number of ether oxygens (including phenoxy) is 1. The van der Waals surface area contributed by atoms with Crippen molar-refractivity contribution in [1.82, 2.24) is 5.32 Å². The summed E-state index contributed by atoms with van der Waals surface area (Å²) in [5.74, 6) is -0.527. The zero-order chi connectivity index (χ0) is 43.8. The van der Waals surface area contributed by atoms with Gasteiger partial charge in [0.25, 0.3) is 0 Å². The van der Waals surface area contributed by atoms with Crippen LogP contribution in [0.25, 0.3) is 0 Å². The minimum absolute atomic E-state index is 0.0525. The molecule has 0 aliphatic carbocycles. The second-order valence-electron chi connectivity index (χ2n) is 17.2. The van der Waals surface area contributed by atoms with E-state index in [-0.39, 0.29) is 24.9 Å². The molecule has 0 bridgehead atoms. The van der Waals surface area contributed by atoms with Gasteiger partial charge in [-0.05, 0) is 96.3 Å². The van der Waals surface area contributed by atoms with Crippen LogP contribution in [-0.2, 0) is 14.3 Å². The number of esters is 1. The van der Waals surface area contributed by atoms with Crippen LogP contribution >= 0.6 is 0 Å². The Kier molecular flexibility index (Phi) is 45.7. The number of amides is 1. The molecule has 0 aromatic carbocycles. The summed E-state index contributed by atoms with van der Waals surface area (Å²) in [6.45, 7) is 6.41. The first kappa shape index (κ1) is 57.6. The molecule has 6 nitrogen and oxygen atoms in total. The number of unbranched alkanes of at least 4 members (excludes halogenated alkanes) is 23. The molecule has 0 rings (SSSR count). The second-order valence-corrected chi connectivity index (χ2v) is 17.2. The molecule has 0 saturated carbocycles. The van der Waals surface area contributed by atoms with Gasteiger partial charge in [-0.2, -0.15) is 0 Å². The van der Waals surface area contributed by atoms with Gasteiger partial charge in [0.2, 0.25) is 5.91 Å². The van der Waals surface area contributed by atoms with E-state index in [1.54, 1.807) is 0 Å². The summed E-state index contributed by atoms with van der Waals surface area (Å²) in [5.41, 5.74) is 0. The number of allylic oxidation sites excluding steroid dienone is 10. The third-order valence-corrected chi connectivity index (χ3v) is 11.3. The van der Waals surface area contributed by atoms with Crippen LogP contribution in [0, 0.1) is 0 Å². The Morgan fingerprint density at radius 2 is 0.850 bits per heavy atom. The van der Waals surface area contributed by atoms with E-state index < -0.39 is 18.2 Å². The largest absolute Gasteiger partial charge is 0.462 e. The summed E-state index contributed by atoms with van der Waals surface area (Å²) in [4.78, 5) is 26.1. The van der Waals surface area contributed by atoms with Crippen LogP contribution < -0.4 is 5.32 Å². The Hall–Kier alpha value is -2.44. The SMILES string of the molecule is CCCCC/C=C\C/C=C\C/C=C\C/C=C\CCCCCC(=O)OC(CCCCC/C=C\CCCCC)CC(=O)NC(CO)C(O)CCCCCCCCCCCCCC. The van der Waals surface area contributed by atoms with Crippen LogP contribution in [0.3, 0.4) is 0 Å². The maximum absolute atomic E-state index is 13.2. The van der Waals surface area contributed by atoms with E-state index in [2.05, 4.69) is 86.8 Å². The molecule has 3 unspecified atom stereocenters. The van der Waals surface area contributed by atoms with Gasteiger partial charge in [-0.3, -0.25) is 9.59 Å². The summed E-state index contributed by atoms with van der Waals surface area (Å²) >= 11 is 0. The van der Waals surface area contributed by atoms with E-state index in [4.69, 9.17) is 4.74 Å². The van der Waals surface area contributed by atoms with Gasteiger partial charge >= 0.3 is 5.97 Å². The van der Waals surface area contributed by atoms with Gasteiger partial charge in [-0.1, -0.05) is 197 Å². The molecule has 0 aromatic heterocycles. The van der Waals surface area contributed by atoms with Crippen molar-refractivity contribution >= 4 is 11.9 Å². The van der Waals surface area contributed by atoms with Gasteiger partial charge in [0.05, 0.1) is 25.2 Å². The van der Waals surface area contributed by atoms with Crippen LogP contribution in [0.5, 0.6) is 0 Å². The fourth-order valence-electron chi connectivity index (χ4n) is 7.41. The molecule has 0 aliphatic heterocycles. The molecule has 348 valence electrons. The molecule has 0 aromatic rings. The highest BCUT2D eigenvalue weighted by Crippen LogP contribution is 2.17. The van der Waals surface area contributed by atoms with Crippen molar-refractivity contribution < 1.29 is 24.5 Å². The molecule has 3 N–H and O–H groups in total. The Morgan fingerprint density at radius 3 is 1.33 bits per heavy atom. The third kappa shape index (κ3) is 42.3. The zero-order valence-corrected chi connectivity index (χ0v) is 39.6. The van der Waals surface area contributed by atoms with E-state index in [0.717, 1.165) is 96.3 Å². The molecule has 0 spiro atoms. The highest BCUT2D eigenvalue weighted by Gasteiger charge is 2.24. The van der Waals surface area contributed by atoms with Gasteiger partial charge < -0.3 is 20.3 Å². The summed E-state index contributed by atoms with van der Waals surface area (Å²) in [6, 6.07) is -0.713. The summed E-state index contributed by atoms with van der Waals surface area (Å²) < 4.78 is 5.90. The van der Waals surface area contributed by atoms with E-state index >= 15 is 0 Å². The highest BCUT2D eigenvalue weighted by molar-refractivity contribution is 5.77. The average Bonchev–Trinajstić information content (AvgIpc) is 3.24. The van der Waals surface area contributed by atoms with Crippen molar-refractivity contribution in [3.8, 4) is 0 Å². The molecule has 60 heavy (non-hydrogen) atoms. The minimum Gasteiger partial charge on any atom is -0.462 e. The first-order valence-electron chi connectivity index (χ1n) is 25.5. The standard InChI is InChI=1S/C54H97NO5/c1-4-7-10-13-16-19-22-24-25-26-27-28-29-30-32-35-38-41-44-47-54(59)60-50(45-42-39-36-33-21-18-15-12-9-6-3)48-53(58)55-51(49-56)52(57)46-43-40-37-34-31-23-20-17-14-11-8-5-2/h16,18-19,21,24-25,27-28,30,32,50-52,56-57H,4-15,17,20,22-23,26,29,31,33-49H2,1-3H3,(H,55,58)/b19-16-,21-18-,25-24-,28-27-,32-30-. The number of carbonyl (C=O) groups is 2. The maximum atomic E-state index is 13.2. The topological polar surface area (TPSA) is 95.9 Å². The summed E-state index contributed by atoms with van der Waals surface area (Å²) in [5, 5.41) is 23.7. The Balaban J connectivity index is 4.57. The van der Waals surface area contributed by atoms with Gasteiger partial charge in [-0.25, -0.2) is 0 Å². The normalized spacial score (nSPS) is 13.8. The molecule has 1 amide bonds. The average molecular weight is 840 g/mol. The van der Waals surface area contributed by atoms with Gasteiger partial charge in [0.1, 0.15) is 6.10 Å². The second kappa shape index (κ2) is 47.6. The first-order valence-corrected chi connectivity index (χ1v) is 25.5. The van der Waals surface area contributed by atoms with Crippen molar-refractivity contribution in [2.45, 2.75) is 264 Å². The quantitative estimate of drug-likeness (QED) is 0.0322. The summed E-state index contributed by atoms with van der Waals surface area (Å²) in [6.07, 6.45) is 58.5. The molecule has 6 heteroatoms. The van der Waals surface area contributed by atoms with E-state index in [0.29, 0.717) is 19.3 Å². The van der Waals surface area contributed by atoms with E-state index in [9.17, 15) is 19.8 Å². The van der Waals surface area contributed by atoms with Crippen molar-refractivity contribution in [2.75, 3.05) is 6.61 Å². The van der Waals surface area contributed by atoms with Crippen LogP contribution in [0.2, 0.25) is 0 Å². The molecule has 0 aliphatic rings. The molecular formula is C54H97NO5. The number of aliphatic hydroxyl groups is 2. The minimum atomic E-state index is -0.797. The van der Waals surface area contributed by atoms with Crippen molar-refractivity contribution in [3.05, 3.63) is 60.8 Å². The number of nitrogens with one attached hydrogen (secondary N) is 1. The van der Waals surface area contributed by atoms with Crippen LogP contribution in [0.4, 0.5) is 0 Å². The van der Waals surface area contributed by atoms with Crippen LogP contribution in [0.15, 0.2) is 60.8 Å². The van der Waals surface area contributed by atoms with Crippen molar-refractivity contribution in [2.24, 2.45) is 0 Å². The van der Waals surface area contributed by atoms with Crippen LogP contribution in [0.1, 0.15) is 245 Å². The van der Waals surface area contributed by atoms with E-state index in [1.807, 2.05) is 0 Å². The Labute approximate surface area is 371 Å². The fourth-order valence-corrected chi connectivity index (χ4v) is 7.41. The lowest BCUT2D eigenvalue weighted by Crippen LogP contribution is -2.46. The van der Waals surface area contributed by atoms with Gasteiger partial charge in [0.15, 0.2) is 0 Å². The molecular weight excluding hydrogens is 743 g/mol. The maximum Gasteiger partial charge on any atom is 0.306 e. The lowest BCUT2D eigenvalue weighted by Gasteiger charge is -2.24. The van der Waals surface area contributed by atoms with Gasteiger partial charge in [0, 0.05) is 6.42 Å². The lowest BCUT2D eigenvalue weighted by molar-refractivity contribution is -0.151. The van der Waals surface area contributed by atoms with E-state index in [1.165, 1.54) is 103 Å². The lowest BCUT2D eigenvalue weighted by atomic mass is 10.0. The molecule has 0 radical (unpaired) electrons. The van der Waals surface area contributed by atoms with Gasteiger partial charge in [-0.15, -0.1) is 0 Å². The molecule has 0 fully saturated rings. The zero-order valence-electron chi connectivity index (χ0n) is 39.6. The predicted octanol–water partition coefficient (Wildman–Crippen LogP) is 15.2. The number of aliphatic hydroxyl groups excluding tert-OH is 2. The Bertz CT molecular complexity index is 1080. The number of carbonyl (C=O) groups excluding carboxylic acids is 2. The smallest absolute Gasteiger partial charge is 0.306 e. The Morgan fingerprint density at radius 1 is 0.483 bits per heavy atom. The van der Waals surface area contributed by atoms with Crippen molar-refractivity contribution in [3.63, 3.8) is 0 Å². The molecule has 3 atom stereocenters.